The van der Waals surface area contributed by atoms with Crippen LogP contribution in [-0.2, 0) is 11.2 Å². The number of para-hydroxylation sites is 1. The average Bonchev–Trinajstić information content (AvgIpc) is 2.82. The Balaban J connectivity index is 1.70. The number of amides is 1. The summed E-state index contributed by atoms with van der Waals surface area (Å²) >= 11 is 7.34. The van der Waals surface area contributed by atoms with Gasteiger partial charge in [0.25, 0.3) is 0 Å². The van der Waals surface area contributed by atoms with Crippen LogP contribution in [0, 0.1) is 0 Å². The molecular formula is C16H13ClN2OS. The molecule has 0 spiro atoms. The van der Waals surface area contributed by atoms with Crippen LogP contribution in [0.4, 0.5) is 5.69 Å². The standard InChI is InChI=1S/C16H13ClN2OS/c17-12-8-6-11(7-9-12)10-14-15(20)19-16(21-14)18-13-4-2-1-3-5-13/h1-9,14H,10H2,(H,18,19,20). The number of carbonyl (C=O) groups excluding carboxylic acids is 1. The first-order chi connectivity index (χ1) is 10.2. The van der Waals surface area contributed by atoms with E-state index in [0.717, 1.165) is 11.3 Å². The van der Waals surface area contributed by atoms with Crippen molar-refractivity contribution in [2.75, 3.05) is 0 Å². The van der Waals surface area contributed by atoms with Crippen LogP contribution in [0.25, 0.3) is 0 Å². The number of rotatable bonds is 3. The van der Waals surface area contributed by atoms with Crippen molar-refractivity contribution < 1.29 is 4.79 Å². The van der Waals surface area contributed by atoms with Crippen LogP contribution >= 0.6 is 23.4 Å². The summed E-state index contributed by atoms with van der Waals surface area (Å²) in [4.78, 5) is 16.4. The van der Waals surface area contributed by atoms with Gasteiger partial charge in [0.1, 0.15) is 0 Å². The van der Waals surface area contributed by atoms with E-state index in [-0.39, 0.29) is 11.2 Å². The maximum Gasteiger partial charge on any atom is 0.239 e. The van der Waals surface area contributed by atoms with Crippen molar-refractivity contribution in [2.24, 2.45) is 4.99 Å². The summed E-state index contributed by atoms with van der Waals surface area (Å²) in [6.45, 7) is 0. The van der Waals surface area contributed by atoms with Gasteiger partial charge in [0.2, 0.25) is 5.91 Å². The van der Waals surface area contributed by atoms with Gasteiger partial charge in [0.05, 0.1) is 10.9 Å². The summed E-state index contributed by atoms with van der Waals surface area (Å²) in [6.07, 6.45) is 0.668. The molecule has 21 heavy (non-hydrogen) atoms. The molecular weight excluding hydrogens is 304 g/mol. The zero-order valence-electron chi connectivity index (χ0n) is 11.1. The number of carbonyl (C=O) groups is 1. The van der Waals surface area contributed by atoms with Crippen LogP contribution in [0.5, 0.6) is 0 Å². The van der Waals surface area contributed by atoms with E-state index in [1.807, 2.05) is 54.6 Å². The van der Waals surface area contributed by atoms with E-state index in [0.29, 0.717) is 16.6 Å². The monoisotopic (exact) mass is 316 g/mol. The Kier molecular flexibility index (Phi) is 4.27. The fourth-order valence-electron chi connectivity index (χ4n) is 2.05. The van der Waals surface area contributed by atoms with Crippen LogP contribution in [0.2, 0.25) is 5.02 Å². The lowest BCUT2D eigenvalue weighted by molar-refractivity contribution is -0.118. The highest BCUT2D eigenvalue weighted by Crippen LogP contribution is 2.26. The average molecular weight is 317 g/mol. The van der Waals surface area contributed by atoms with Crippen molar-refractivity contribution in [3.05, 3.63) is 65.2 Å². The number of thioether (sulfide) groups is 1. The van der Waals surface area contributed by atoms with Gasteiger partial charge in [-0.3, -0.25) is 4.79 Å². The molecule has 0 radical (unpaired) electrons. The molecule has 2 aromatic carbocycles. The van der Waals surface area contributed by atoms with Crippen molar-refractivity contribution in [3.63, 3.8) is 0 Å². The third-order valence-electron chi connectivity index (χ3n) is 3.10. The lowest BCUT2D eigenvalue weighted by atomic mass is 10.1. The molecule has 1 N–H and O–H groups in total. The summed E-state index contributed by atoms with van der Waals surface area (Å²) in [5.74, 6) is 0.00429. The molecule has 0 bridgehead atoms. The highest BCUT2D eigenvalue weighted by atomic mass is 35.5. The van der Waals surface area contributed by atoms with Gasteiger partial charge in [-0.15, -0.1) is 0 Å². The minimum absolute atomic E-state index is 0.00429. The number of aliphatic imine (C=N–C) groups is 1. The topological polar surface area (TPSA) is 41.5 Å². The molecule has 1 unspecified atom stereocenters. The third kappa shape index (κ3) is 3.65. The predicted octanol–water partition coefficient (Wildman–Crippen LogP) is 3.80. The Morgan fingerprint density at radius 2 is 1.81 bits per heavy atom. The predicted molar refractivity (Wildman–Crippen MR) is 88.2 cm³/mol. The lowest BCUT2D eigenvalue weighted by Crippen LogP contribution is -2.25. The van der Waals surface area contributed by atoms with Gasteiger partial charge >= 0.3 is 0 Å². The van der Waals surface area contributed by atoms with Crippen molar-refractivity contribution >= 4 is 40.1 Å². The Labute approximate surface area is 132 Å². The largest absolute Gasteiger partial charge is 0.304 e. The van der Waals surface area contributed by atoms with Crippen LogP contribution in [0.3, 0.4) is 0 Å². The minimum Gasteiger partial charge on any atom is -0.304 e. The Hall–Kier alpha value is -1.78. The molecule has 5 heteroatoms. The number of nitrogens with one attached hydrogen (secondary N) is 1. The van der Waals surface area contributed by atoms with E-state index >= 15 is 0 Å². The molecule has 1 aliphatic heterocycles. The van der Waals surface area contributed by atoms with E-state index in [4.69, 9.17) is 11.6 Å². The SMILES string of the molecule is O=C1NC(=Nc2ccccc2)SC1Cc1ccc(Cl)cc1. The smallest absolute Gasteiger partial charge is 0.239 e. The zero-order chi connectivity index (χ0) is 14.7. The first-order valence-electron chi connectivity index (χ1n) is 6.56. The summed E-state index contributed by atoms with van der Waals surface area (Å²) in [6, 6.07) is 17.2. The molecule has 1 fully saturated rings. The van der Waals surface area contributed by atoms with Gasteiger partial charge in [-0.1, -0.05) is 53.7 Å². The second kappa shape index (κ2) is 6.33. The number of hydrogen-bond donors (Lipinski definition) is 1. The second-order valence-electron chi connectivity index (χ2n) is 4.68. The molecule has 1 atom stereocenters. The van der Waals surface area contributed by atoms with E-state index in [2.05, 4.69) is 10.3 Å². The molecule has 0 aromatic heterocycles. The second-order valence-corrected chi connectivity index (χ2v) is 6.31. The number of nitrogens with zero attached hydrogens (tertiary/aromatic N) is 1. The van der Waals surface area contributed by atoms with Crippen LogP contribution in [-0.4, -0.2) is 16.3 Å². The van der Waals surface area contributed by atoms with Gasteiger partial charge in [-0.25, -0.2) is 4.99 Å². The number of halogens is 1. The van der Waals surface area contributed by atoms with Gasteiger partial charge in [0, 0.05) is 5.02 Å². The van der Waals surface area contributed by atoms with E-state index in [1.54, 1.807) is 0 Å². The van der Waals surface area contributed by atoms with E-state index in [9.17, 15) is 4.79 Å². The van der Waals surface area contributed by atoms with Gasteiger partial charge in [-0.2, -0.15) is 0 Å². The number of benzene rings is 2. The minimum atomic E-state index is -0.145. The molecule has 1 saturated heterocycles. The molecule has 0 saturated carbocycles. The first-order valence-corrected chi connectivity index (χ1v) is 7.82. The van der Waals surface area contributed by atoms with Crippen molar-refractivity contribution in [1.29, 1.82) is 0 Å². The molecule has 1 amide bonds. The summed E-state index contributed by atoms with van der Waals surface area (Å²) in [5.41, 5.74) is 1.93. The van der Waals surface area contributed by atoms with Crippen molar-refractivity contribution in [2.45, 2.75) is 11.7 Å². The fourth-order valence-corrected chi connectivity index (χ4v) is 3.20. The summed E-state index contributed by atoms with van der Waals surface area (Å²) in [7, 11) is 0. The molecule has 106 valence electrons. The summed E-state index contributed by atoms with van der Waals surface area (Å²) < 4.78 is 0. The van der Waals surface area contributed by atoms with Crippen molar-refractivity contribution in [1.82, 2.24) is 5.32 Å². The third-order valence-corrected chi connectivity index (χ3v) is 4.43. The van der Waals surface area contributed by atoms with Crippen LogP contribution in [0.1, 0.15) is 5.56 Å². The Morgan fingerprint density at radius 1 is 1.10 bits per heavy atom. The van der Waals surface area contributed by atoms with Crippen LogP contribution in [0.15, 0.2) is 59.6 Å². The maximum absolute atomic E-state index is 12.0. The number of amidine groups is 1. The molecule has 2 aromatic rings. The van der Waals surface area contributed by atoms with E-state index < -0.39 is 0 Å². The Morgan fingerprint density at radius 3 is 2.52 bits per heavy atom. The highest BCUT2D eigenvalue weighted by Gasteiger charge is 2.30. The molecule has 3 rings (SSSR count). The summed E-state index contributed by atoms with van der Waals surface area (Å²) in [5, 5.41) is 4.05. The lowest BCUT2D eigenvalue weighted by Gasteiger charge is -2.05. The van der Waals surface area contributed by atoms with Gasteiger partial charge in [-0.05, 0) is 36.2 Å². The Bertz CT molecular complexity index is 670. The molecule has 0 aliphatic carbocycles. The molecule has 1 aliphatic rings. The fraction of sp³-hybridized carbons (Fsp3) is 0.125. The highest BCUT2D eigenvalue weighted by molar-refractivity contribution is 8.15. The zero-order valence-corrected chi connectivity index (χ0v) is 12.7. The molecule has 1 heterocycles. The van der Waals surface area contributed by atoms with Gasteiger partial charge < -0.3 is 5.32 Å². The number of hydrogen-bond acceptors (Lipinski definition) is 3. The van der Waals surface area contributed by atoms with Crippen LogP contribution < -0.4 is 5.32 Å². The first kappa shape index (κ1) is 14.2. The van der Waals surface area contributed by atoms with Gasteiger partial charge in [0.15, 0.2) is 5.17 Å². The maximum atomic E-state index is 12.0. The normalized spacial score (nSPS) is 19.8. The van der Waals surface area contributed by atoms with E-state index in [1.165, 1.54) is 11.8 Å². The molecule has 3 nitrogen and oxygen atoms in total. The van der Waals surface area contributed by atoms with Crippen molar-refractivity contribution in [3.8, 4) is 0 Å². The quantitative estimate of drug-likeness (QED) is 0.935.